The molecule has 37 heavy (non-hydrogen) atoms. The Kier molecular flexibility index (Phi) is 10.6. The molecule has 1 atom stereocenters. The van der Waals surface area contributed by atoms with Crippen molar-refractivity contribution in [1.29, 1.82) is 0 Å². The molecule has 0 unspecified atom stereocenters. The molecule has 10 nitrogen and oxygen atoms in total. The molecule has 11 heteroatoms. The number of rotatable bonds is 15. The minimum Gasteiger partial charge on any atom is -0.462 e. The van der Waals surface area contributed by atoms with E-state index in [9.17, 15) is 13.2 Å². The Balaban J connectivity index is 1.62. The lowest BCUT2D eigenvalue weighted by molar-refractivity contribution is -0.147. The van der Waals surface area contributed by atoms with Gasteiger partial charge >= 0.3 is 5.97 Å². The number of fused-ring (bicyclic) bond motifs is 1. The molecule has 3 rings (SSSR count). The largest absolute Gasteiger partial charge is 0.462 e. The highest BCUT2D eigenvalue weighted by Gasteiger charge is 2.27. The number of imidazole rings is 1. The van der Waals surface area contributed by atoms with Gasteiger partial charge in [-0.3, -0.25) is 9.78 Å². The summed E-state index contributed by atoms with van der Waals surface area (Å²) in [6, 6.07) is 7.50. The predicted octanol–water partition coefficient (Wildman–Crippen LogP) is 3.08. The number of ether oxygens (including phenoxy) is 3. The maximum atomic E-state index is 13.1. The molecule has 0 saturated heterocycles. The van der Waals surface area contributed by atoms with Crippen LogP contribution in [0.2, 0.25) is 0 Å². The van der Waals surface area contributed by atoms with Gasteiger partial charge in [-0.25, -0.2) is 13.4 Å². The van der Waals surface area contributed by atoms with E-state index in [2.05, 4.69) is 14.7 Å². The molecule has 0 fully saturated rings. The van der Waals surface area contributed by atoms with Crippen LogP contribution in [-0.2, 0) is 35.6 Å². The third kappa shape index (κ3) is 8.32. The van der Waals surface area contributed by atoms with Crippen LogP contribution in [0.3, 0.4) is 0 Å². The SMILES string of the molecule is CCOCCOCCOC(=O)[C@H](CC(C)C)NS(=O)(=O)c1ccc(Cn2c(C)nc3cnccc32)cc1. The smallest absolute Gasteiger partial charge is 0.324 e. The average molecular weight is 533 g/mol. The Bertz CT molecular complexity index is 1260. The van der Waals surface area contributed by atoms with E-state index >= 15 is 0 Å². The summed E-state index contributed by atoms with van der Waals surface area (Å²) in [6.07, 6.45) is 3.74. The lowest BCUT2D eigenvalue weighted by Crippen LogP contribution is -2.43. The number of esters is 1. The summed E-state index contributed by atoms with van der Waals surface area (Å²) in [4.78, 5) is 21.4. The summed E-state index contributed by atoms with van der Waals surface area (Å²) >= 11 is 0. The highest BCUT2D eigenvalue weighted by Crippen LogP contribution is 2.19. The molecule has 0 radical (unpaired) electrons. The van der Waals surface area contributed by atoms with Crippen LogP contribution in [-0.4, -0.2) is 68.0 Å². The third-order valence-corrected chi connectivity index (χ3v) is 7.14. The van der Waals surface area contributed by atoms with Crippen LogP contribution < -0.4 is 4.72 Å². The van der Waals surface area contributed by atoms with E-state index in [1.807, 2.05) is 38.3 Å². The molecular formula is C26H36N4O6S. The Morgan fingerprint density at radius 2 is 1.76 bits per heavy atom. The number of pyridine rings is 1. The normalized spacial score (nSPS) is 12.8. The van der Waals surface area contributed by atoms with Crippen LogP contribution in [0.4, 0.5) is 0 Å². The number of benzene rings is 1. The van der Waals surface area contributed by atoms with Gasteiger partial charge in [0.2, 0.25) is 10.0 Å². The fourth-order valence-corrected chi connectivity index (χ4v) is 5.04. The number of carbonyl (C=O) groups excluding carboxylic acids is 1. The molecule has 2 heterocycles. The monoisotopic (exact) mass is 532 g/mol. The van der Waals surface area contributed by atoms with Crippen molar-refractivity contribution in [3.63, 3.8) is 0 Å². The second-order valence-corrected chi connectivity index (χ2v) is 10.7. The number of aromatic nitrogens is 3. The molecule has 1 aromatic carbocycles. The zero-order valence-electron chi connectivity index (χ0n) is 21.8. The maximum absolute atomic E-state index is 13.1. The number of sulfonamides is 1. The molecule has 202 valence electrons. The minimum absolute atomic E-state index is 0.0361. The second-order valence-electron chi connectivity index (χ2n) is 9.03. The molecule has 0 amide bonds. The summed E-state index contributed by atoms with van der Waals surface area (Å²) in [6.45, 7) is 9.91. The number of hydrogen-bond acceptors (Lipinski definition) is 8. The number of carbonyl (C=O) groups is 1. The van der Waals surface area contributed by atoms with E-state index in [-0.39, 0.29) is 24.0 Å². The van der Waals surface area contributed by atoms with Crippen LogP contribution in [0, 0.1) is 12.8 Å². The second kappa shape index (κ2) is 13.6. The van der Waals surface area contributed by atoms with Crippen LogP contribution in [0.5, 0.6) is 0 Å². The first-order valence-electron chi connectivity index (χ1n) is 12.4. The van der Waals surface area contributed by atoms with E-state index in [1.54, 1.807) is 24.5 Å². The summed E-state index contributed by atoms with van der Waals surface area (Å²) in [7, 11) is -3.94. The molecule has 0 aliphatic heterocycles. The Hall–Kier alpha value is -2.86. The topological polar surface area (TPSA) is 122 Å². The van der Waals surface area contributed by atoms with E-state index < -0.39 is 22.0 Å². The quantitative estimate of drug-likeness (QED) is 0.234. The standard InChI is InChI=1S/C26H36N4O6S/c1-5-34-12-13-35-14-15-36-26(31)23(16-19(2)3)29-37(32,33)22-8-6-21(7-9-22)18-30-20(4)28-24-17-27-11-10-25(24)30/h6-11,17,19,23,29H,5,12-16,18H2,1-4H3/t23-/m0/s1. The van der Waals surface area contributed by atoms with Crippen LogP contribution >= 0.6 is 0 Å². The van der Waals surface area contributed by atoms with E-state index in [4.69, 9.17) is 14.2 Å². The fraction of sp³-hybridized carbons (Fsp3) is 0.500. The zero-order chi connectivity index (χ0) is 26.8. The molecule has 0 bridgehead atoms. The summed E-state index contributed by atoms with van der Waals surface area (Å²) in [5.41, 5.74) is 2.68. The van der Waals surface area contributed by atoms with Crippen molar-refractivity contribution in [2.75, 3.05) is 33.0 Å². The molecule has 3 aromatic rings. The van der Waals surface area contributed by atoms with E-state index in [1.165, 1.54) is 12.1 Å². The van der Waals surface area contributed by atoms with Crippen LogP contribution in [0.25, 0.3) is 11.0 Å². The molecule has 0 spiro atoms. The van der Waals surface area contributed by atoms with Crippen molar-refractivity contribution in [3.8, 4) is 0 Å². The Labute approximate surface area is 218 Å². The highest BCUT2D eigenvalue weighted by molar-refractivity contribution is 7.89. The molecule has 2 aromatic heterocycles. The third-order valence-electron chi connectivity index (χ3n) is 5.65. The minimum atomic E-state index is -3.94. The summed E-state index contributed by atoms with van der Waals surface area (Å²) in [5, 5.41) is 0. The van der Waals surface area contributed by atoms with Crippen molar-refractivity contribution in [1.82, 2.24) is 19.3 Å². The highest BCUT2D eigenvalue weighted by atomic mass is 32.2. The molecule has 0 saturated carbocycles. The van der Waals surface area contributed by atoms with Gasteiger partial charge < -0.3 is 18.8 Å². The van der Waals surface area contributed by atoms with Gasteiger partial charge in [-0.1, -0.05) is 26.0 Å². The lowest BCUT2D eigenvalue weighted by Gasteiger charge is -2.19. The van der Waals surface area contributed by atoms with Gasteiger partial charge in [0.25, 0.3) is 0 Å². The van der Waals surface area contributed by atoms with Gasteiger partial charge in [-0.15, -0.1) is 0 Å². The van der Waals surface area contributed by atoms with Gasteiger partial charge in [0.15, 0.2) is 0 Å². The first-order valence-corrected chi connectivity index (χ1v) is 13.9. The fourth-order valence-electron chi connectivity index (χ4n) is 3.84. The van der Waals surface area contributed by atoms with Crippen LogP contribution in [0.15, 0.2) is 47.6 Å². The zero-order valence-corrected chi connectivity index (χ0v) is 22.7. The number of nitrogens with zero attached hydrogens (tertiary/aromatic N) is 3. The molecule has 1 N–H and O–H groups in total. The van der Waals surface area contributed by atoms with Crippen molar-refractivity contribution in [3.05, 3.63) is 54.1 Å². The average Bonchev–Trinajstić information content (AvgIpc) is 3.17. The predicted molar refractivity (Wildman–Crippen MR) is 140 cm³/mol. The molecular weight excluding hydrogens is 496 g/mol. The van der Waals surface area contributed by atoms with Crippen molar-refractivity contribution in [2.45, 2.75) is 51.6 Å². The van der Waals surface area contributed by atoms with Crippen molar-refractivity contribution < 1.29 is 27.4 Å². The van der Waals surface area contributed by atoms with Crippen molar-refractivity contribution in [2.24, 2.45) is 5.92 Å². The van der Waals surface area contributed by atoms with Gasteiger partial charge in [-0.2, -0.15) is 4.72 Å². The molecule has 0 aliphatic rings. The summed E-state index contributed by atoms with van der Waals surface area (Å²) < 4.78 is 46.5. The Morgan fingerprint density at radius 1 is 1.05 bits per heavy atom. The summed E-state index contributed by atoms with van der Waals surface area (Å²) in [5.74, 6) is 0.295. The number of aryl methyl sites for hydroxylation is 1. The van der Waals surface area contributed by atoms with E-state index in [0.717, 1.165) is 22.4 Å². The van der Waals surface area contributed by atoms with Gasteiger partial charge in [0.05, 0.1) is 36.4 Å². The van der Waals surface area contributed by atoms with Gasteiger partial charge in [0, 0.05) is 19.3 Å². The molecule has 0 aliphatic carbocycles. The maximum Gasteiger partial charge on any atom is 0.324 e. The first kappa shape index (κ1) is 28.7. The van der Waals surface area contributed by atoms with Crippen LogP contribution in [0.1, 0.15) is 38.6 Å². The lowest BCUT2D eigenvalue weighted by atomic mass is 10.1. The van der Waals surface area contributed by atoms with Gasteiger partial charge in [0.1, 0.15) is 24.0 Å². The number of nitrogens with one attached hydrogen (secondary N) is 1. The Morgan fingerprint density at radius 3 is 2.46 bits per heavy atom. The van der Waals surface area contributed by atoms with E-state index in [0.29, 0.717) is 32.8 Å². The van der Waals surface area contributed by atoms with Gasteiger partial charge in [-0.05, 0) is 49.9 Å². The number of hydrogen-bond donors (Lipinski definition) is 1. The first-order chi connectivity index (χ1) is 17.7. The van der Waals surface area contributed by atoms with Crippen molar-refractivity contribution >= 4 is 27.0 Å².